The molecule has 0 aliphatic rings. The molecule has 0 fully saturated rings. The summed E-state index contributed by atoms with van der Waals surface area (Å²) in [4.78, 5) is 15.7. The van der Waals surface area contributed by atoms with Crippen LogP contribution in [0.5, 0.6) is 0 Å². The van der Waals surface area contributed by atoms with Gasteiger partial charge in [-0.3, -0.25) is 4.57 Å². The topological polar surface area (TPSA) is 58.3 Å². The molecule has 1 aromatic heterocycles. The summed E-state index contributed by atoms with van der Waals surface area (Å²) in [7, 11) is 3.88. The number of aromatic nitrogens is 3. The normalized spacial score (nSPS) is 12.7. The molecule has 0 unspecified atom stereocenters. The Kier molecular flexibility index (Phi) is 5.53. The monoisotopic (exact) mass is 280 g/mol. The first-order valence-corrected chi connectivity index (χ1v) is 7.20. The summed E-state index contributed by atoms with van der Waals surface area (Å²) >= 11 is 0. The standard InChI is InChI=1S/C14H28N6/c1-9(2)15-13-17-12(19(7)8)18-14(16-10(3)4)20(13)11(5)6/h9-11H,1-8H3,(H,15,16,17,18). The van der Waals surface area contributed by atoms with E-state index in [-0.39, 0.29) is 12.1 Å². The summed E-state index contributed by atoms with van der Waals surface area (Å²) in [5, 5.41) is 3.39. The van der Waals surface area contributed by atoms with Gasteiger partial charge in [0.1, 0.15) is 0 Å². The molecule has 0 aliphatic carbocycles. The van der Waals surface area contributed by atoms with Gasteiger partial charge < -0.3 is 10.2 Å². The lowest BCUT2D eigenvalue weighted by Crippen LogP contribution is -2.34. The second kappa shape index (κ2) is 6.72. The van der Waals surface area contributed by atoms with Crippen LogP contribution >= 0.6 is 0 Å². The fraction of sp³-hybridized carbons (Fsp3) is 0.786. The first kappa shape index (κ1) is 16.5. The Bertz CT molecular complexity index is 499. The van der Waals surface area contributed by atoms with Gasteiger partial charge in [-0.15, -0.1) is 0 Å². The fourth-order valence-corrected chi connectivity index (χ4v) is 1.77. The highest BCUT2D eigenvalue weighted by molar-refractivity contribution is 5.36. The van der Waals surface area contributed by atoms with Crippen molar-refractivity contribution in [2.45, 2.75) is 59.7 Å². The van der Waals surface area contributed by atoms with Crippen molar-refractivity contribution < 1.29 is 0 Å². The van der Waals surface area contributed by atoms with E-state index < -0.39 is 0 Å². The first-order chi connectivity index (χ1) is 9.22. The zero-order valence-corrected chi connectivity index (χ0v) is 14.0. The molecule has 0 radical (unpaired) electrons. The maximum Gasteiger partial charge on any atom is 0.231 e. The van der Waals surface area contributed by atoms with Crippen molar-refractivity contribution in [2.24, 2.45) is 4.99 Å². The van der Waals surface area contributed by atoms with Crippen molar-refractivity contribution in [3.8, 4) is 0 Å². The zero-order chi connectivity index (χ0) is 15.4. The van der Waals surface area contributed by atoms with Gasteiger partial charge in [-0.05, 0) is 41.5 Å². The van der Waals surface area contributed by atoms with Crippen LogP contribution in [0.25, 0.3) is 0 Å². The molecule has 1 rings (SSSR count). The molecule has 0 amide bonds. The number of rotatable bonds is 5. The van der Waals surface area contributed by atoms with Crippen LogP contribution in [0.15, 0.2) is 4.99 Å². The van der Waals surface area contributed by atoms with E-state index in [4.69, 9.17) is 0 Å². The molecular weight excluding hydrogens is 252 g/mol. The molecule has 1 heterocycles. The van der Waals surface area contributed by atoms with Crippen molar-refractivity contribution in [3.63, 3.8) is 0 Å². The Morgan fingerprint density at radius 1 is 1.05 bits per heavy atom. The van der Waals surface area contributed by atoms with Crippen molar-refractivity contribution in [1.29, 1.82) is 0 Å². The van der Waals surface area contributed by atoms with Crippen molar-refractivity contribution >= 4 is 11.9 Å². The molecule has 1 aromatic rings. The molecule has 0 saturated carbocycles. The van der Waals surface area contributed by atoms with Crippen LogP contribution in [-0.2, 0) is 0 Å². The van der Waals surface area contributed by atoms with E-state index in [1.54, 1.807) is 0 Å². The molecule has 0 atom stereocenters. The quantitative estimate of drug-likeness (QED) is 0.897. The molecule has 0 aliphatic heterocycles. The van der Waals surface area contributed by atoms with Gasteiger partial charge in [0.2, 0.25) is 17.5 Å². The highest BCUT2D eigenvalue weighted by Crippen LogP contribution is 2.13. The average molecular weight is 280 g/mol. The Labute approximate surface area is 122 Å². The van der Waals surface area contributed by atoms with E-state index in [1.165, 1.54) is 0 Å². The molecule has 0 spiro atoms. The molecule has 1 N–H and O–H groups in total. The predicted octanol–water partition coefficient (Wildman–Crippen LogP) is 2.05. The van der Waals surface area contributed by atoms with E-state index in [2.05, 4.69) is 61.8 Å². The van der Waals surface area contributed by atoms with Gasteiger partial charge in [-0.25, -0.2) is 4.99 Å². The largest absolute Gasteiger partial charge is 0.353 e. The van der Waals surface area contributed by atoms with Crippen LogP contribution in [0.1, 0.15) is 47.6 Å². The lowest BCUT2D eigenvalue weighted by atomic mass is 10.3. The molecule has 114 valence electrons. The molecule has 20 heavy (non-hydrogen) atoms. The smallest absolute Gasteiger partial charge is 0.231 e. The minimum Gasteiger partial charge on any atom is -0.353 e. The van der Waals surface area contributed by atoms with Gasteiger partial charge in [0.25, 0.3) is 0 Å². The van der Waals surface area contributed by atoms with Gasteiger partial charge in [0, 0.05) is 32.2 Å². The summed E-state index contributed by atoms with van der Waals surface area (Å²) in [6.45, 7) is 12.5. The minimum atomic E-state index is 0.191. The second-order valence-corrected chi connectivity index (χ2v) is 6.03. The van der Waals surface area contributed by atoms with Crippen LogP contribution in [0.3, 0.4) is 0 Å². The lowest BCUT2D eigenvalue weighted by Gasteiger charge is -2.21. The SMILES string of the molecule is CC(C)N=c1nc(N(C)C)nc(NC(C)C)n1C(C)C. The lowest BCUT2D eigenvalue weighted by molar-refractivity contribution is 0.533. The van der Waals surface area contributed by atoms with Crippen molar-refractivity contribution in [2.75, 3.05) is 24.3 Å². The number of hydrogen-bond acceptors (Lipinski definition) is 5. The summed E-state index contributed by atoms with van der Waals surface area (Å²) < 4.78 is 2.05. The van der Waals surface area contributed by atoms with E-state index >= 15 is 0 Å². The highest BCUT2D eigenvalue weighted by atomic mass is 15.3. The molecular formula is C14H28N6. The van der Waals surface area contributed by atoms with Crippen LogP contribution in [0, 0.1) is 0 Å². The van der Waals surface area contributed by atoms with Crippen LogP contribution < -0.4 is 15.8 Å². The summed E-state index contributed by atoms with van der Waals surface area (Å²) in [5.74, 6) is 1.48. The Balaban J connectivity index is 3.57. The third kappa shape index (κ3) is 4.21. The third-order valence-electron chi connectivity index (χ3n) is 2.56. The van der Waals surface area contributed by atoms with Crippen LogP contribution in [0.4, 0.5) is 11.9 Å². The van der Waals surface area contributed by atoms with E-state index in [0.717, 1.165) is 11.6 Å². The van der Waals surface area contributed by atoms with Crippen molar-refractivity contribution in [1.82, 2.24) is 14.5 Å². The zero-order valence-electron chi connectivity index (χ0n) is 14.0. The van der Waals surface area contributed by atoms with E-state index in [9.17, 15) is 0 Å². The first-order valence-electron chi connectivity index (χ1n) is 7.20. The van der Waals surface area contributed by atoms with E-state index in [1.807, 2.05) is 23.6 Å². The maximum absolute atomic E-state index is 4.64. The van der Waals surface area contributed by atoms with Gasteiger partial charge in [-0.2, -0.15) is 9.97 Å². The van der Waals surface area contributed by atoms with Gasteiger partial charge in [0.05, 0.1) is 0 Å². The van der Waals surface area contributed by atoms with Crippen molar-refractivity contribution in [3.05, 3.63) is 5.62 Å². The molecule has 0 aromatic carbocycles. The minimum absolute atomic E-state index is 0.191. The Morgan fingerprint density at radius 3 is 2.05 bits per heavy atom. The predicted molar refractivity (Wildman–Crippen MR) is 84.2 cm³/mol. The Hall–Kier alpha value is -1.59. The summed E-state index contributed by atoms with van der Waals surface area (Å²) in [6.07, 6.45) is 0. The van der Waals surface area contributed by atoms with Crippen LogP contribution in [-0.4, -0.2) is 40.7 Å². The Morgan fingerprint density at radius 2 is 1.65 bits per heavy atom. The van der Waals surface area contributed by atoms with Gasteiger partial charge >= 0.3 is 0 Å². The van der Waals surface area contributed by atoms with Crippen LogP contribution in [0.2, 0.25) is 0 Å². The van der Waals surface area contributed by atoms with Gasteiger partial charge in [0.15, 0.2) is 0 Å². The summed E-state index contributed by atoms with van der Waals surface area (Å²) in [6, 6.07) is 0.735. The van der Waals surface area contributed by atoms with Gasteiger partial charge in [-0.1, -0.05) is 0 Å². The molecule has 0 saturated heterocycles. The summed E-state index contributed by atoms with van der Waals surface area (Å²) in [5.41, 5.74) is 0.719. The maximum atomic E-state index is 4.64. The second-order valence-electron chi connectivity index (χ2n) is 6.03. The average Bonchev–Trinajstić information content (AvgIpc) is 2.25. The van der Waals surface area contributed by atoms with E-state index in [0.29, 0.717) is 12.0 Å². The number of anilines is 2. The number of nitrogens with zero attached hydrogens (tertiary/aromatic N) is 5. The fourth-order valence-electron chi connectivity index (χ4n) is 1.77. The number of nitrogens with one attached hydrogen (secondary N) is 1. The molecule has 0 bridgehead atoms. The third-order valence-corrected chi connectivity index (χ3v) is 2.56. The highest BCUT2D eigenvalue weighted by Gasteiger charge is 2.13. The molecule has 6 heteroatoms. The molecule has 6 nitrogen and oxygen atoms in total. The number of hydrogen-bond donors (Lipinski definition) is 1.